The van der Waals surface area contributed by atoms with Gasteiger partial charge < -0.3 is 4.57 Å². The number of hydrogen-bond donors (Lipinski definition) is 0. The second kappa shape index (κ2) is 8.28. The molecule has 0 spiro atoms. The van der Waals surface area contributed by atoms with Gasteiger partial charge in [-0.3, -0.25) is 0 Å². The molecule has 4 rings (SSSR count). The van der Waals surface area contributed by atoms with Crippen LogP contribution < -0.4 is 0 Å². The van der Waals surface area contributed by atoms with Crippen molar-refractivity contribution in [2.24, 2.45) is 0 Å². The van der Waals surface area contributed by atoms with Gasteiger partial charge in [-0.2, -0.15) is 4.31 Å². The minimum Gasteiger partial charge on any atom is -0.328 e. The van der Waals surface area contributed by atoms with Gasteiger partial charge in [0, 0.05) is 25.6 Å². The van der Waals surface area contributed by atoms with Gasteiger partial charge in [0.25, 0.3) is 0 Å². The summed E-state index contributed by atoms with van der Waals surface area (Å²) in [6, 6.07) is 15.5. The highest BCUT2D eigenvalue weighted by Crippen LogP contribution is 2.32. The van der Waals surface area contributed by atoms with Crippen LogP contribution in [-0.2, 0) is 23.0 Å². The molecule has 1 saturated heterocycles. The predicted octanol–water partition coefficient (Wildman–Crippen LogP) is 4.58. The van der Waals surface area contributed by atoms with Crippen molar-refractivity contribution in [1.29, 1.82) is 0 Å². The number of piperidine rings is 1. The SMILES string of the molecule is CCCn1c(C2CCCN(S(=O)(=O)c3ccc(CC)cc3)C2)nc2ccccc21. The van der Waals surface area contributed by atoms with Crippen LogP contribution in [0.5, 0.6) is 0 Å². The maximum atomic E-state index is 13.2. The molecule has 29 heavy (non-hydrogen) atoms. The first-order chi connectivity index (χ1) is 14.0. The van der Waals surface area contributed by atoms with Gasteiger partial charge in [-0.05, 0) is 55.5 Å². The van der Waals surface area contributed by atoms with E-state index in [2.05, 4.69) is 24.5 Å². The van der Waals surface area contributed by atoms with Crippen molar-refractivity contribution in [2.75, 3.05) is 13.1 Å². The molecule has 0 bridgehead atoms. The lowest BCUT2D eigenvalue weighted by Gasteiger charge is -2.32. The van der Waals surface area contributed by atoms with Gasteiger partial charge in [-0.15, -0.1) is 0 Å². The lowest BCUT2D eigenvalue weighted by Crippen LogP contribution is -2.39. The number of sulfonamides is 1. The largest absolute Gasteiger partial charge is 0.328 e. The van der Waals surface area contributed by atoms with Gasteiger partial charge in [0.05, 0.1) is 15.9 Å². The molecule has 2 heterocycles. The average molecular weight is 412 g/mol. The Kier molecular flexibility index (Phi) is 5.74. The number of aryl methyl sites for hydroxylation is 2. The maximum absolute atomic E-state index is 13.2. The summed E-state index contributed by atoms with van der Waals surface area (Å²) >= 11 is 0. The van der Waals surface area contributed by atoms with E-state index in [0.717, 1.165) is 54.6 Å². The van der Waals surface area contributed by atoms with Crippen molar-refractivity contribution >= 4 is 21.1 Å². The fourth-order valence-electron chi connectivity index (χ4n) is 4.28. The van der Waals surface area contributed by atoms with Crippen molar-refractivity contribution < 1.29 is 8.42 Å². The molecular formula is C23H29N3O2S. The van der Waals surface area contributed by atoms with Crippen LogP contribution in [0.15, 0.2) is 53.4 Å². The Hall–Kier alpha value is -2.18. The highest BCUT2D eigenvalue weighted by Gasteiger charge is 2.33. The fourth-order valence-corrected chi connectivity index (χ4v) is 5.81. The average Bonchev–Trinajstić information content (AvgIpc) is 3.13. The molecule has 1 fully saturated rings. The molecule has 1 aliphatic heterocycles. The Morgan fingerprint density at radius 2 is 1.83 bits per heavy atom. The minimum atomic E-state index is -3.49. The number of imidazole rings is 1. The molecule has 1 unspecified atom stereocenters. The van der Waals surface area contributed by atoms with Crippen LogP contribution in [0.1, 0.15) is 50.4 Å². The van der Waals surface area contributed by atoms with E-state index in [0.29, 0.717) is 18.0 Å². The molecular weight excluding hydrogens is 382 g/mol. The molecule has 154 valence electrons. The van der Waals surface area contributed by atoms with Crippen LogP contribution in [0.3, 0.4) is 0 Å². The maximum Gasteiger partial charge on any atom is 0.243 e. The topological polar surface area (TPSA) is 55.2 Å². The number of fused-ring (bicyclic) bond motifs is 1. The molecule has 1 aromatic heterocycles. The number of para-hydroxylation sites is 2. The summed E-state index contributed by atoms with van der Waals surface area (Å²) in [5, 5.41) is 0. The zero-order valence-electron chi connectivity index (χ0n) is 17.2. The number of hydrogen-bond acceptors (Lipinski definition) is 3. The van der Waals surface area contributed by atoms with Crippen molar-refractivity contribution in [3.05, 3.63) is 59.9 Å². The highest BCUT2D eigenvalue weighted by molar-refractivity contribution is 7.89. The summed E-state index contributed by atoms with van der Waals surface area (Å²) < 4.78 is 30.4. The van der Waals surface area contributed by atoms with E-state index < -0.39 is 10.0 Å². The number of benzene rings is 2. The number of aromatic nitrogens is 2. The molecule has 0 radical (unpaired) electrons. The number of rotatable bonds is 6. The van der Waals surface area contributed by atoms with Crippen LogP contribution in [0.25, 0.3) is 11.0 Å². The van der Waals surface area contributed by atoms with Crippen LogP contribution in [0.2, 0.25) is 0 Å². The summed E-state index contributed by atoms with van der Waals surface area (Å²) in [5.74, 6) is 1.14. The van der Waals surface area contributed by atoms with Crippen LogP contribution in [-0.4, -0.2) is 35.4 Å². The second-order valence-corrected chi connectivity index (χ2v) is 9.75. The molecule has 6 heteroatoms. The molecule has 0 saturated carbocycles. The first kappa shape index (κ1) is 20.1. The van der Waals surface area contributed by atoms with Gasteiger partial charge in [-0.1, -0.05) is 38.1 Å². The zero-order chi connectivity index (χ0) is 20.4. The number of nitrogens with zero attached hydrogens (tertiary/aromatic N) is 3. The lowest BCUT2D eigenvalue weighted by atomic mass is 9.99. The smallest absolute Gasteiger partial charge is 0.243 e. The first-order valence-corrected chi connectivity index (χ1v) is 12.0. The van der Waals surface area contributed by atoms with Crippen LogP contribution in [0, 0.1) is 0 Å². The van der Waals surface area contributed by atoms with E-state index >= 15 is 0 Å². The van der Waals surface area contributed by atoms with E-state index in [4.69, 9.17) is 4.98 Å². The summed E-state index contributed by atoms with van der Waals surface area (Å²) in [6.07, 6.45) is 3.74. The molecule has 0 amide bonds. The Morgan fingerprint density at radius 3 is 2.55 bits per heavy atom. The predicted molar refractivity (Wildman–Crippen MR) is 117 cm³/mol. The van der Waals surface area contributed by atoms with E-state index in [9.17, 15) is 8.42 Å². The van der Waals surface area contributed by atoms with Gasteiger partial charge in [0.1, 0.15) is 5.82 Å². The zero-order valence-corrected chi connectivity index (χ0v) is 18.0. The third kappa shape index (κ3) is 3.83. The first-order valence-electron chi connectivity index (χ1n) is 10.6. The van der Waals surface area contributed by atoms with Gasteiger partial charge in [0.15, 0.2) is 0 Å². The Morgan fingerprint density at radius 1 is 1.07 bits per heavy atom. The molecule has 3 aromatic rings. The molecule has 1 aliphatic rings. The van der Waals surface area contributed by atoms with E-state index in [1.807, 2.05) is 30.3 Å². The van der Waals surface area contributed by atoms with Gasteiger partial charge in [-0.25, -0.2) is 13.4 Å². The van der Waals surface area contributed by atoms with Gasteiger partial charge in [0.2, 0.25) is 10.0 Å². The second-order valence-electron chi connectivity index (χ2n) is 7.81. The molecule has 0 N–H and O–H groups in total. The van der Waals surface area contributed by atoms with Crippen LogP contribution in [0.4, 0.5) is 0 Å². The quantitative estimate of drug-likeness (QED) is 0.597. The van der Waals surface area contributed by atoms with Gasteiger partial charge >= 0.3 is 0 Å². The normalized spacial score (nSPS) is 18.3. The minimum absolute atomic E-state index is 0.118. The molecule has 1 atom stereocenters. The van der Waals surface area contributed by atoms with Crippen molar-refractivity contribution in [2.45, 2.75) is 56.9 Å². The Labute approximate surface area is 173 Å². The summed E-state index contributed by atoms with van der Waals surface area (Å²) in [5.41, 5.74) is 3.28. The molecule has 5 nitrogen and oxygen atoms in total. The summed E-state index contributed by atoms with van der Waals surface area (Å²) in [7, 11) is -3.49. The summed E-state index contributed by atoms with van der Waals surface area (Å²) in [6.45, 7) is 6.20. The van der Waals surface area contributed by atoms with Crippen molar-refractivity contribution in [3.63, 3.8) is 0 Å². The lowest BCUT2D eigenvalue weighted by molar-refractivity contribution is 0.305. The fraction of sp³-hybridized carbons (Fsp3) is 0.435. The highest BCUT2D eigenvalue weighted by atomic mass is 32.2. The van der Waals surface area contributed by atoms with Crippen molar-refractivity contribution in [3.8, 4) is 0 Å². The van der Waals surface area contributed by atoms with E-state index in [1.54, 1.807) is 16.4 Å². The standard InChI is InChI=1S/C23H29N3O2S/c1-3-15-26-22-10-6-5-9-21(22)24-23(26)19-8-7-16-25(17-19)29(27,28)20-13-11-18(4-2)12-14-20/h5-6,9-14,19H,3-4,7-8,15-17H2,1-2H3. The molecule has 2 aromatic carbocycles. The van der Waals surface area contributed by atoms with E-state index in [-0.39, 0.29) is 5.92 Å². The Bertz CT molecular complexity index is 1090. The summed E-state index contributed by atoms with van der Waals surface area (Å²) in [4.78, 5) is 5.29. The van der Waals surface area contributed by atoms with E-state index in [1.165, 1.54) is 0 Å². The third-order valence-electron chi connectivity index (χ3n) is 5.85. The third-order valence-corrected chi connectivity index (χ3v) is 7.73. The monoisotopic (exact) mass is 411 g/mol. The molecule has 0 aliphatic carbocycles. The van der Waals surface area contributed by atoms with Crippen molar-refractivity contribution in [1.82, 2.24) is 13.9 Å². The van der Waals surface area contributed by atoms with Crippen LogP contribution >= 0.6 is 0 Å². The Balaban J connectivity index is 1.64.